The van der Waals surface area contributed by atoms with E-state index >= 15 is 0 Å². The first-order valence-electron chi connectivity index (χ1n) is 11.5. The number of nitrogens with zero attached hydrogens (tertiary/aromatic N) is 1. The molecular weight excluding hydrogens is 464 g/mol. The van der Waals surface area contributed by atoms with Crippen LogP contribution in [0.1, 0.15) is 45.1 Å². The molecule has 5 atom stereocenters. The van der Waals surface area contributed by atoms with E-state index in [4.69, 9.17) is 16.3 Å². The highest BCUT2D eigenvalue weighted by Crippen LogP contribution is 2.71. The number of aliphatic hydroxyl groups excluding tert-OH is 1. The number of carbonyl (C=O) groups excluding carboxylic acids is 3. The summed E-state index contributed by atoms with van der Waals surface area (Å²) < 4.78 is 4.24. The maximum atomic E-state index is 13.8. The zero-order valence-electron chi connectivity index (χ0n) is 19.2. The van der Waals surface area contributed by atoms with Crippen LogP contribution in [0.25, 0.3) is 0 Å². The van der Waals surface area contributed by atoms with E-state index in [-0.39, 0.29) is 31.0 Å². The number of para-hydroxylation sites is 1. The molecule has 33 heavy (non-hydrogen) atoms. The molecule has 0 radical (unpaired) electrons. The molecule has 2 amide bonds. The molecule has 3 aliphatic rings. The number of hydrogen-bond acceptors (Lipinski definition) is 6. The standard InChI is InChI=1S/C24H31ClN2O5S/c1-4-32-22(31)17-16-21(30)27(12-5-6-13-28)19(24(16)11-10-23(17,3)33-24)20(29)26-18-14(2)8-7-9-15(18)25/h7-9,16-17,19,28H,4-6,10-13H2,1-3H3,(H,26,29)/t16-,17-,19?,23+,24?/m0/s1. The molecule has 1 aromatic carbocycles. The molecular formula is C24H31ClN2O5S. The first-order chi connectivity index (χ1) is 15.7. The summed E-state index contributed by atoms with van der Waals surface area (Å²) >= 11 is 7.98. The van der Waals surface area contributed by atoms with Crippen molar-refractivity contribution in [2.75, 3.05) is 25.1 Å². The Balaban J connectivity index is 1.73. The van der Waals surface area contributed by atoms with Crippen LogP contribution in [-0.2, 0) is 19.1 Å². The number of unbranched alkanes of at least 4 members (excludes halogenated alkanes) is 1. The number of amides is 2. The number of halogens is 1. The molecule has 3 heterocycles. The van der Waals surface area contributed by atoms with Crippen molar-refractivity contribution >= 4 is 46.8 Å². The number of carbonyl (C=O) groups is 3. The second-order valence-electron chi connectivity index (χ2n) is 9.36. The van der Waals surface area contributed by atoms with E-state index in [0.717, 1.165) is 12.0 Å². The molecule has 9 heteroatoms. The molecule has 3 saturated heterocycles. The van der Waals surface area contributed by atoms with Gasteiger partial charge in [0.25, 0.3) is 0 Å². The molecule has 4 rings (SSSR count). The second kappa shape index (κ2) is 9.12. The summed E-state index contributed by atoms with van der Waals surface area (Å²) in [7, 11) is 0. The lowest BCUT2D eigenvalue weighted by Crippen LogP contribution is -2.51. The molecule has 0 aromatic heterocycles. The molecule has 180 valence electrons. The van der Waals surface area contributed by atoms with Crippen LogP contribution in [-0.4, -0.2) is 63.1 Å². The van der Waals surface area contributed by atoms with Gasteiger partial charge in [-0.05, 0) is 58.1 Å². The van der Waals surface area contributed by atoms with Crippen molar-refractivity contribution in [1.82, 2.24) is 4.90 Å². The van der Waals surface area contributed by atoms with Crippen molar-refractivity contribution in [3.05, 3.63) is 28.8 Å². The average molecular weight is 495 g/mol. The van der Waals surface area contributed by atoms with Gasteiger partial charge in [0.05, 0.1) is 33.9 Å². The van der Waals surface area contributed by atoms with Gasteiger partial charge < -0.3 is 20.1 Å². The topological polar surface area (TPSA) is 95.9 Å². The lowest BCUT2D eigenvalue weighted by atomic mass is 9.66. The van der Waals surface area contributed by atoms with Crippen molar-refractivity contribution in [3.63, 3.8) is 0 Å². The van der Waals surface area contributed by atoms with Gasteiger partial charge in [-0.1, -0.05) is 23.7 Å². The average Bonchev–Trinajstić information content (AvgIpc) is 3.32. The number of rotatable bonds is 8. The zero-order chi connectivity index (χ0) is 24.0. The summed E-state index contributed by atoms with van der Waals surface area (Å²) in [4.78, 5) is 42.2. The van der Waals surface area contributed by atoms with Gasteiger partial charge in [-0.25, -0.2) is 0 Å². The third kappa shape index (κ3) is 3.84. The lowest BCUT2D eigenvalue weighted by molar-refractivity contribution is -0.155. The molecule has 1 aromatic rings. The SMILES string of the molecule is CCOC(=O)[C@@H]1[C@H]2C(=O)N(CCCCO)C(C(=O)Nc3c(C)cccc3Cl)C23CC[C@@]1(C)S3. The molecule has 1 spiro atoms. The van der Waals surface area contributed by atoms with Crippen molar-refractivity contribution in [1.29, 1.82) is 0 Å². The quantitative estimate of drug-likeness (QED) is 0.424. The Morgan fingerprint density at radius 3 is 2.76 bits per heavy atom. The third-order valence-electron chi connectivity index (χ3n) is 7.34. The van der Waals surface area contributed by atoms with Gasteiger partial charge in [0.15, 0.2) is 0 Å². The highest BCUT2D eigenvalue weighted by Gasteiger charge is 2.77. The number of ether oxygens (including phenoxy) is 1. The van der Waals surface area contributed by atoms with E-state index < -0.39 is 27.4 Å². The fourth-order valence-electron chi connectivity index (χ4n) is 5.93. The highest BCUT2D eigenvalue weighted by atomic mass is 35.5. The van der Waals surface area contributed by atoms with Crippen molar-refractivity contribution in [3.8, 4) is 0 Å². The van der Waals surface area contributed by atoms with E-state index in [9.17, 15) is 19.5 Å². The number of aryl methyl sites for hydroxylation is 1. The van der Waals surface area contributed by atoms with E-state index in [1.165, 1.54) is 0 Å². The van der Waals surface area contributed by atoms with Crippen LogP contribution in [0.15, 0.2) is 18.2 Å². The molecule has 2 unspecified atom stereocenters. The first-order valence-corrected chi connectivity index (χ1v) is 12.7. The van der Waals surface area contributed by atoms with Gasteiger partial charge in [0.1, 0.15) is 6.04 Å². The van der Waals surface area contributed by atoms with Gasteiger partial charge in [-0.3, -0.25) is 14.4 Å². The predicted molar refractivity (Wildman–Crippen MR) is 128 cm³/mol. The highest BCUT2D eigenvalue weighted by molar-refractivity contribution is 8.02. The number of nitrogens with one attached hydrogen (secondary N) is 1. The number of thioether (sulfide) groups is 1. The summed E-state index contributed by atoms with van der Waals surface area (Å²) in [6.45, 7) is 6.27. The third-order valence-corrected chi connectivity index (χ3v) is 9.64. The van der Waals surface area contributed by atoms with Crippen LogP contribution >= 0.6 is 23.4 Å². The summed E-state index contributed by atoms with van der Waals surface area (Å²) in [5.41, 5.74) is 1.37. The van der Waals surface area contributed by atoms with Crippen LogP contribution in [0.5, 0.6) is 0 Å². The van der Waals surface area contributed by atoms with E-state index in [1.54, 1.807) is 29.7 Å². The minimum absolute atomic E-state index is 0.0184. The zero-order valence-corrected chi connectivity index (χ0v) is 20.8. The normalized spacial score (nSPS) is 32.2. The number of esters is 1. The fourth-order valence-corrected chi connectivity index (χ4v) is 8.55. The Bertz CT molecular complexity index is 954. The second-order valence-corrected chi connectivity index (χ2v) is 11.7. The summed E-state index contributed by atoms with van der Waals surface area (Å²) in [5, 5.41) is 12.7. The predicted octanol–water partition coefficient (Wildman–Crippen LogP) is 3.40. The molecule has 3 fully saturated rings. The van der Waals surface area contributed by atoms with Crippen molar-refractivity contribution in [2.45, 2.75) is 62.0 Å². The van der Waals surface area contributed by atoms with E-state index in [2.05, 4.69) is 5.32 Å². The van der Waals surface area contributed by atoms with Gasteiger partial charge in [0, 0.05) is 17.9 Å². The van der Waals surface area contributed by atoms with Crippen LogP contribution in [0, 0.1) is 18.8 Å². The van der Waals surface area contributed by atoms with Gasteiger partial charge in [0.2, 0.25) is 11.8 Å². The minimum Gasteiger partial charge on any atom is -0.466 e. The number of fused-ring (bicyclic) bond motifs is 1. The minimum atomic E-state index is -0.726. The maximum absolute atomic E-state index is 13.8. The van der Waals surface area contributed by atoms with E-state index in [0.29, 0.717) is 36.5 Å². The Morgan fingerprint density at radius 1 is 1.33 bits per heavy atom. The number of hydrogen-bond donors (Lipinski definition) is 2. The molecule has 7 nitrogen and oxygen atoms in total. The number of benzene rings is 1. The first kappa shape index (κ1) is 24.4. The number of anilines is 1. The summed E-state index contributed by atoms with van der Waals surface area (Å²) in [6, 6.07) is 4.68. The lowest BCUT2D eigenvalue weighted by Gasteiger charge is -2.34. The molecule has 0 aliphatic carbocycles. The van der Waals surface area contributed by atoms with Gasteiger partial charge >= 0.3 is 5.97 Å². The van der Waals surface area contributed by atoms with Crippen molar-refractivity contribution < 1.29 is 24.2 Å². The van der Waals surface area contributed by atoms with Crippen molar-refractivity contribution in [2.24, 2.45) is 11.8 Å². The molecule has 0 saturated carbocycles. The number of aliphatic hydroxyl groups is 1. The Hall–Kier alpha value is -1.77. The monoisotopic (exact) mass is 494 g/mol. The Morgan fingerprint density at radius 2 is 2.09 bits per heavy atom. The smallest absolute Gasteiger partial charge is 0.311 e. The van der Waals surface area contributed by atoms with Crippen LogP contribution < -0.4 is 5.32 Å². The maximum Gasteiger partial charge on any atom is 0.311 e. The fraction of sp³-hybridized carbons (Fsp3) is 0.625. The Kier molecular flexibility index (Phi) is 6.73. The van der Waals surface area contributed by atoms with Gasteiger partial charge in [-0.2, -0.15) is 0 Å². The molecule has 2 N–H and O–H groups in total. The van der Waals surface area contributed by atoms with Crippen LogP contribution in [0.3, 0.4) is 0 Å². The summed E-state index contributed by atoms with van der Waals surface area (Å²) in [5.74, 6) is -1.99. The van der Waals surface area contributed by atoms with Crippen LogP contribution in [0.2, 0.25) is 5.02 Å². The van der Waals surface area contributed by atoms with Gasteiger partial charge in [-0.15, -0.1) is 11.8 Å². The number of likely N-dealkylation sites (tertiary alicyclic amines) is 1. The van der Waals surface area contributed by atoms with Crippen LogP contribution in [0.4, 0.5) is 5.69 Å². The molecule has 3 aliphatic heterocycles. The Labute approximate surface area is 203 Å². The summed E-state index contributed by atoms with van der Waals surface area (Å²) in [6.07, 6.45) is 2.53. The largest absolute Gasteiger partial charge is 0.466 e. The molecule has 2 bridgehead atoms. The van der Waals surface area contributed by atoms with E-state index in [1.807, 2.05) is 26.0 Å².